The molecule has 0 saturated heterocycles. The number of ketones is 1. The third kappa shape index (κ3) is 3.19. The number of hydrogen-bond donors (Lipinski definition) is 0. The third-order valence-corrected chi connectivity index (χ3v) is 2.84. The van der Waals surface area contributed by atoms with Gasteiger partial charge in [0, 0.05) is 16.8 Å². The quantitative estimate of drug-likeness (QED) is 0.619. The molecule has 0 N–H and O–H groups in total. The number of aromatic nitrogens is 1. The second-order valence-electron chi connectivity index (χ2n) is 3.58. The highest BCUT2D eigenvalue weighted by Crippen LogP contribution is 2.21. The SMILES string of the molecule is O=C(/C=C/c1ccccn1)c1ccc(Cl)cc1Cl. The van der Waals surface area contributed by atoms with E-state index in [-0.39, 0.29) is 5.78 Å². The molecule has 2 rings (SSSR count). The van der Waals surface area contributed by atoms with Crippen molar-refractivity contribution in [1.82, 2.24) is 4.98 Å². The molecule has 0 aliphatic rings. The second-order valence-corrected chi connectivity index (χ2v) is 4.42. The van der Waals surface area contributed by atoms with E-state index in [4.69, 9.17) is 23.2 Å². The number of allylic oxidation sites excluding steroid dienone is 1. The average molecular weight is 278 g/mol. The molecule has 0 spiro atoms. The Morgan fingerprint density at radius 3 is 2.67 bits per heavy atom. The highest BCUT2D eigenvalue weighted by molar-refractivity contribution is 6.37. The molecule has 90 valence electrons. The first-order chi connectivity index (χ1) is 8.66. The minimum Gasteiger partial charge on any atom is -0.289 e. The summed E-state index contributed by atoms with van der Waals surface area (Å²) < 4.78 is 0. The van der Waals surface area contributed by atoms with Crippen LogP contribution in [0.5, 0.6) is 0 Å². The Kier molecular flexibility index (Phi) is 4.13. The van der Waals surface area contributed by atoms with Crippen molar-refractivity contribution in [3.05, 3.63) is 70.0 Å². The summed E-state index contributed by atoms with van der Waals surface area (Å²) in [6.45, 7) is 0. The smallest absolute Gasteiger partial charge is 0.187 e. The van der Waals surface area contributed by atoms with E-state index < -0.39 is 0 Å². The van der Waals surface area contributed by atoms with E-state index in [1.54, 1.807) is 30.5 Å². The topological polar surface area (TPSA) is 30.0 Å². The van der Waals surface area contributed by atoms with Gasteiger partial charge in [0.2, 0.25) is 0 Å². The average Bonchev–Trinajstić information content (AvgIpc) is 2.37. The second kappa shape index (κ2) is 5.80. The predicted octanol–water partition coefficient (Wildman–Crippen LogP) is 4.28. The van der Waals surface area contributed by atoms with Gasteiger partial charge in [-0.15, -0.1) is 0 Å². The van der Waals surface area contributed by atoms with Gasteiger partial charge in [0.05, 0.1) is 10.7 Å². The van der Waals surface area contributed by atoms with Gasteiger partial charge >= 0.3 is 0 Å². The van der Waals surface area contributed by atoms with Gasteiger partial charge in [-0.05, 0) is 42.5 Å². The molecular weight excluding hydrogens is 269 g/mol. The summed E-state index contributed by atoms with van der Waals surface area (Å²) in [6.07, 6.45) is 4.75. The van der Waals surface area contributed by atoms with E-state index in [0.717, 1.165) is 5.69 Å². The van der Waals surface area contributed by atoms with Crippen molar-refractivity contribution >= 4 is 35.1 Å². The van der Waals surface area contributed by atoms with Crippen LogP contribution < -0.4 is 0 Å². The Labute approximate surface area is 115 Å². The molecule has 0 atom stereocenters. The monoisotopic (exact) mass is 277 g/mol. The Morgan fingerprint density at radius 2 is 2.00 bits per heavy atom. The first-order valence-corrected chi connectivity index (χ1v) is 6.01. The number of nitrogens with zero attached hydrogens (tertiary/aromatic N) is 1. The molecule has 0 aliphatic carbocycles. The molecule has 0 fully saturated rings. The maximum Gasteiger partial charge on any atom is 0.187 e. The molecule has 0 aliphatic heterocycles. The van der Waals surface area contributed by atoms with Crippen molar-refractivity contribution < 1.29 is 4.79 Å². The Morgan fingerprint density at radius 1 is 1.17 bits per heavy atom. The van der Waals surface area contributed by atoms with E-state index in [1.165, 1.54) is 6.08 Å². The van der Waals surface area contributed by atoms with Crippen LogP contribution in [-0.4, -0.2) is 10.8 Å². The van der Waals surface area contributed by atoms with Crippen LogP contribution in [0.15, 0.2) is 48.7 Å². The van der Waals surface area contributed by atoms with Crippen LogP contribution in [-0.2, 0) is 0 Å². The first-order valence-electron chi connectivity index (χ1n) is 5.25. The van der Waals surface area contributed by atoms with Gasteiger partial charge in [0.1, 0.15) is 0 Å². The lowest BCUT2D eigenvalue weighted by Crippen LogP contribution is -1.95. The number of halogens is 2. The largest absolute Gasteiger partial charge is 0.289 e. The van der Waals surface area contributed by atoms with Crippen LogP contribution in [0.1, 0.15) is 16.1 Å². The van der Waals surface area contributed by atoms with Crippen LogP contribution in [0.2, 0.25) is 10.0 Å². The molecule has 1 heterocycles. The van der Waals surface area contributed by atoms with Crippen LogP contribution >= 0.6 is 23.2 Å². The number of rotatable bonds is 3. The fourth-order valence-corrected chi connectivity index (χ4v) is 1.92. The van der Waals surface area contributed by atoms with E-state index in [1.807, 2.05) is 18.2 Å². The molecule has 18 heavy (non-hydrogen) atoms. The summed E-state index contributed by atoms with van der Waals surface area (Å²) >= 11 is 11.7. The molecule has 4 heteroatoms. The van der Waals surface area contributed by atoms with Crippen molar-refractivity contribution in [2.24, 2.45) is 0 Å². The highest BCUT2D eigenvalue weighted by Gasteiger charge is 2.07. The minimum absolute atomic E-state index is 0.178. The standard InChI is InChI=1S/C14H9Cl2NO/c15-10-4-6-12(13(16)9-10)14(18)7-5-11-3-1-2-8-17-11/h1-9H/b7-5+. The Hall–Kier alpha value is -1.64. The molecule has 0 bridgehead atoms. The van der Waals surface area contributed by atoms with E-state index in [2.05, 4.69) is 4.98 Å². The van der Waals surface area contributed by atoms with Gasteiger partial charge in [-0.25, -0.2) is 0 Å². The van der Waals surface area contributed by atoms with E-state index >= 15 is 0 Å². The van der Waals surface area contributed by atoms with E-state index in [9.17, 15) is 4.79 Å². The van der Waals surface area contributed by atoms with Crippen molar-refractivity contribution in [1.29, 1.82) is 0 Å². The summed E-state index contributed by atoms with van der Waals surface area (Å²) in [5.74, 6) is -0.178. The zero-order valence-corrected chi connectivity index (χ0v) is 10.8. The number of pyridine rings is 1. The highest BCUT2D eigenvalue weighted by atomic mass is 35.5. The Bertz CT molecular complexity index is 594. The number of benzene rings is 1. The van der Waals surface area contributed by atoms with Gasteiger partial charge in [0.15, 0.2) is 5.78 Å². The summed E-state index contributed by atoms with van der Waals surface area (Å²) in [4.78, 5) is 16.0. The van der Waals surface area contributed by atoms with Crippen molar-refractivity contribution in [2.45, 2.75) is 0 Å². The lowest BCUT2D eigenvalue weighted by atomic mass is 10.1. The zero-order valence-electron chi connectivity index (χ0n) is 9.31. The fraction of sp³-hybridized carbons (Fsp3) is 0. The maximum absolute atomic E-state index is 11.9. The normalized spacial score (nSPS) is 10.8. The molecule has 2 nitrogen and oxygen atoms in total. The molecule has 0 amide bonds. The lowest BCUT2D eigenvalue weighted by molar-refractivity contribution is 0.104. The van der Waals surface area contributed by atoms with Crippen molar-refractivity contribution in [2.75, 3.05) is 0 Å². The first kappa shape index (κ1) is 12.8. The number of carbonyl (C=O) groups excluding carboxylic acids is 1. The molecule has 0 saturated carbocycles. The maximum atomic E-state index is 11.9. The summed E-state index contributed by atoms with van der Waals surface area (Å²) in [6, 6.07) is 10.3. The van der Waals surface area contributed by atoms with Gasteiger partial charge in [-0.2, -0.15) is 0 Å². The van der Waals surface area contributed by atoms with Gasteiger partial charge in [-0.3, -0.25) is 9.78 Å². The van der Waals surface area contributed by atoms with Gasteiger partial charge in [0.25, 0.3) is 0 Å². The molecule has 0 radical (unpaired) electrons. The third-order valence-electron chi connectivity index (χ3n) is 2.29. The molecular formula is C14H9Cl2NO. The van der Waals surface area contributed by atoms with E-state index in [0.29, 0.717) is 15.6 Å². The Balaban J connectivity index is 2.20. The fourth-order valence-electron chi connectivity index (χ4n) is 1.41. The molecule has 1 aromatic carbocycles. The summed E-state index contributed by atoms with van der Waals surface area (Å²) in [5, 5.41) is 0.850. The molecule has 1 aromatic heterocycles. The predicted molar refractivity (Wildman–Crippen MR) is 74.1 cm³/mol. The summed E-state index contributed by atoms with van der Waals surface area (Å²) in [5.41, 5.74) is 1.14. The molecule has 2 aromatic rings. The van der Waals surface area contributed by atoms with Gasteiger partial charge in [-0.1, -0.05) is 29.3 Å². The number of carbonyl (C=O) groups is 1. The number of hydrogen-bond acceptors (Lipinski definition) is 2. The van der Waals surface area contributed by atoms with Crippen LogP contribution in [0, 0.1) is 0 Å². The summed E-state index contributed by atoms with van der Waals surface area (Å²) in [7, 11) is 0. The van der Waals surface area contributed by atoms with Crippen LogP contribution in [0.4, 0.5) is 0 Å². The van der Waals surface area contributed by atoms with Crippen molar-refractivity contribution in [3.8, 4) is 0 Å². The van der Waals surface area contributed by atoms with Crippen molar-refractivity contribution in [3.63, 3.8) is 0 Å². The molecule has 0 unspecified atom stereocenters. The lowest BCUT2D eigenvalue weighted by Gasteiger charge is -2.00. The zero-order chi connectivity index (χ0) is 13.0. The van der Waals surface area contributed by atoms with Gasteiger partial charge < -0.3 is 0 Å². The minimum atomic E-state index is -0.178. The van der Waals surface area contributed by atoms with Crippen LogP contribution in [0.3, 0.4) is 0 Å². The van der Waals surface area contributed by atoms with Crippen LogP contribution in [0.25, 0.3) is 6.08 Å².